The molecule has 4 nitrogen and oxygen atoms in total. The molecule has 0 amide bonds. The van der Waals surface area contributed by atoms with E-state index in [-0.39, 0.29) is 0 Å². The van der Waals surface area contributed by atoms with E-state index in [1.165, 1.54) is 19.4 Å². The van der Waals surface area contributed by atoms with Crippen molar-refractivity contribution in [1.82, 2.24) is 9.88 Å². The van der Waals surface area contributed by atoms with Crippen LogP contribution in [0.25, 0.3) is 10.9 Å². The van der Waals surface area contributed by atoms with E-state index in [1.54, 1.807) is 0 Å². The Morgan fingerprint density at radius 3 is 3.11 bits per heavy atom. The van der Waals surface area contributed by atoms with Crippen LogP contribution in [0.1, 0.15) is 12.8 Å². The molecule has 19 heavy (non-hydrogen) atoms. The maximum atomic E-state index is 5.80. The van der Waals surface area contributed by atoms with Gasteiger partial charge in [0.25, 0.3) is 0 Å². The highest BCUT2D eigenvalue weighted by molar-refractivity contribution is 5.92. The molecule has 1 aromatic heterocycles. The first kappa shape index (κ1) is 12.2. The van der Waals surface area contributed by atoms with Crippen LogP contribution in [0.15, 0.2) is 30.5 Å². The lowest BCUT2D eigenvalue weighted by atomic mass is 10.1. The van der Waals surface area contributed by atoms with Crippen molar-refractivity contribution in [3.05, 3.63) is 30.5 Å². The summed E-state index contributed by atoms with van der Waals surface area (Å²) < 4.78 is 0. The van der Waals surface area contributed by atoms with Gasteiger partial charge < -0.3 is 16.0 Å². The molecule has 2 heterocycles. The molecule has 1 aromatic carbocycles. The van der Waals surface area contributed by atoms with Crippen LogP contribution < -0.4 is 11.1 Å². The quantitative estimate of drug-likeness (QED) is 0.828. The van der Waals surface area contributed by atoms with Crippen molar-refractivity contribution in [3.8, 4) is 0 Å². The second-order valence-corrected chi connectivity index (χ2v) is 5.29. The molecule has 0 saturated carbocycles. The Hall–Kier alpha value is -1.81. The van der Waals surface area contributed by atoms with Crippen molar-refractivity contribution in [2.45, 2.75) is 18.9 Å². The fourth-order valence-electron chi connectivity index (χ4n) is 2.78. The Kier molecular flexibility index (Phi) is 3.25. The number of hydrogen-bond donors (Lipinski definition) is 2. The van der Waals surface area contributed by atoms with Crippen LogP contribution in [0, 0.1) is 0 Å². The second kappa shape index (κ2) is 5.05. The summed E-state index contributed by atoms with van der Waals surface area (Å²) in [5, 5.41) is 4.69. The number of fused-ring (bicyclic) bond motifs is 1. The third-order valence-electron chi connectivity index (χ3n) is 3.97. The molecule has 3 rings (SSSR count). The minimum Gasteiger partial charge on any atom is -0.399 e. The summed E-state index contributed by atoms with van der Waals surface area (Å²) in [6.45, 7) is 2.19. The van der Waals surface area contributed by atoms with Crippen molar-refractivity contribution < 1.29 is 0 Å². The minimum absolute atomic E-state index is 0.636. The van der Waals surface area contributed by atoms with Crippen LogP contribution in [0.4, 0.5) is 11.4 Å². The van der Waals surface area contributed by atoms with Crippen molar-refractivity contribution in [1.29, 1.82) is 0 Å². The molecular formula is C15H20N4. The first-order valence-corrected chi connectivity index (χ1v) is 6.82. The summed E-state index contributed by atoms with van der Waals surface area (Å²) in [5.74, 6) is 0. The maximum Gasteiger partial charge on any atom is 0.0743 e. The Balaban J connectivity index is 1.81. The van der Waals surface area contributed by atoms with E-state index in [4.69, 9.17) is 5.73 Å². The summed E-state index contributed by atoms with van der Waals surface area (Å²) in [6.07, 6.45) is 4.42. The lowest BCUT2D eigenvalue weighted by Crippen LogP contribution is -2.31. The zero-order chi connectivity index (χ0) is 13.2. The average Bonchev–Trinajstić information content (AvgIpc) is 2.81. The van der Waals surface area contributed by atoms with E-state index in [0.717, 1.165) is 28.8 Å². The van der Waals surface area contributed by atoms with E-state index < -0.39 is 0 Å². The highest BCUT2D eigenvalue weighted by atomic mass is 15.2. The standard InChI is InChI=1S/C15H20N4/c1-19-8-2-3-12(19)10-18-14-6-7-17-15-9-11(16)4-5-13(14)15/h4-7,9,12H,2-3,8,10,16H2,1H3,(H,17,18). The number of pyridine rings is 1. The number of rotatable bonds is 3. The van der Waals surface area contributed by atoms with E-state index in [1.807, 2.05) is 30.5 Å². The molecule has 1 aliphatic heterocycles. The molecule has 1 unspecified atom stereocenters. The van der Waals surface area contributed by atoms with Crippen molar-refractivity contribution in [3.63, 3.8) is 0 Å². The monoisotopic (exact) mass is 256 g/mol. The number of likely N-dealkylation sites (N-methyl/N-ethyl adjacent to an activating group) is 1. The number of nitrogens with two attached hydrogens (primary N) is 1. The van der Waals surface area contributed by atoms with Gasteiger partial charge in [-0.2, -0.15) is 0 Å². The number of nitrogens with zero attached hydrogens (tertiary/aromatic N) is 2. The van der Waals surface area contributed by atoms with Gasteiger partial charge in [0.1, 0.15) is 0 Å². The molecule has 1 fully saturated rings. The molecule has 100 valence electrons. The molecule has 0 spiro atoms. The van der Waals surface area contributed by atoms with Gasteiger partial charge in [-0.25, -0.2) is 0 Å². The number of aromatic nitrogens is 1. The minimum atomic E-state index is 0.636. The summed E-state index contributed by atoms with van der Waals surface area (Å²) in [5.41, 5.74) is 8.65. The van der Waals surface area contributed by atoms with E-state index in [0.29, 0.717) is 6.04 Å². The predicted octanol–water partition coefficient (Wildman–Crippen LogP) is 2.32. The summed E-state index contributed by atoms with van der Waals surface area (Å²) in [7, 11) is 2.20. The fourth-order valence-corrected chi connectivity index (χ4v) is 2.78. The van der Waals surface area contributed by atoms with Crippen LogP contribution in [0.5, 0.6) is 0 Å². The third-order valence-corrected chi connectivity index (χ3v) is 3.97. The van der Waals surface area contributed by atoms with Gasteiger partial charge in [0.05, 0.1) is 5.52 Å². The highest BCUT2D eigenvalue weighted by Gasteiger charge is 2.20. The summed E-state index contributed by atoms with van der Waals surface area (Å²) in [4.78, 5) is 6.79. The van der Waals surface area contributed by atoms with E-state index in [9.17, 15) is 0 Å². The Morgan fingerprint density at radius 1 is 1.42 bits per heavy atom. The molecule has 3 N–H and O–H groups in total. The number of nitrogens with one attached hydrogen (secondary N) is 1. The lowest BCUT2D eigenvalue weighted by molar-refractivity contribution is 0.322. The molecule has 4 heteroatoms. The van der Waals surface area contributed by atoms with Crippen LogP contribution in [0.2, 0.25) is 0 Å². The first-order valence-electron chi connectivity index (χ1n) is 6.82. The molecule has 1 atom stereocenters. The van der Waals surface area contributed by atoms with Crippen molar-refractivity contribution >= 4 is 22.3 Å². The van der Waals surface area contributed by atoms with E-state index in [2.05, 4.69) is 22.2 Å². The molecule has 2 aromatic rings. The molecule has 0 bridgehead atoms. The molecule has 0 aliphatic carbocycles. The third kappa shape index (κ3) is 2.49. The number of benzene rings is 1. The molecule has 1 aliphatic rings. The molecule has 1 saturated heterocycles. The van der Waals surface area contributed by atoms with Crippen molar-refractivity contribution in [2.75, 3.05) is 31.2 Å². The SMILES string of the molecule is CN1CCCC1CNc1ccnc2cc(N)ccc12. The predicted molar refractivity (Wildman–Crippen MR) is 80.3 cm³/mol. The first-order chi connectivity index (χ1) is 9.24. The maximum absolute atomic E-state index is 5.80. The number of likely N-dealkylation sites (tertiary alicyclic amines) is 1. The van der Waals surface area contributed by atoms with Crippen LogP contribution >= 0.6 is 0 Å². The van der Waals surface area contributed by atoms with Gasteiger partial charge in [-0.15, -0.1) is 0 Å². The zero-order valence-electron chi connectivity index (χ0n) is 11.3. The fraction of sp³-hybridized carbons (Fsp3) is 0.400. The summed E-state index contributed by atoms with van der Waals surface area (Å²) >= 11 is 0. The van der Waals surface area contributed by atoms with Gasteiger partial charge >= 0.3 is 0 Å². The average molecular weight is 256 g/mol. The van der Waals surface area contributed by atoms with Gasteiger partial charge in [-0.05, 0) is 50.7 Å². The molecule has 0 radical (unpaired) electrons. The lowest BCUT2D eigenvalue weighted by Gasteiger charge is -2.20. The molecular weight excluding hydrogens is 236 g/mol. The van der Waals surface area contributed by atoms with Crippen LogP contribution in [-0.2, 0) is 0 Å². The van der Waals surface area contributed by atoms with Crippen molar-refractivity contribution in [2.24, 2.45) is 0 Å². The van der Waals surface area contributed by atoms with E-state index >= 15 is 0 Å². The number of anilines is 2. The highest BCUT2D eigenvalue weighted by Crippen LogP contribution is 2.24. The zero-order valence-corrected chi connectivity index (χ0v) is 11.3. The Bertz CT molecular complexity index is 581. The van der Waals surface area contributed by atoms with Gasteiger partial charge in [-0.1, -0.05) is 0 Å². The Labute approximate surface area is 113 Å². The normalized spacial score (nSPS) is 19.9. The van der Waals surface area contributed by atoms with Gasteiger partial charge in [0.2, 0.25) is 0 Å². The smallest absolute Gasteiger partial charge is 0.0743 e. The van der Waals surface area contributed by atoms with Gasteiger partial charge in [-0.3, -0.25) is 4.98 Å². The largest absolute Gasteiger partial charge is 0.399 e. The number of hydrogen-bond acceptors (Lipinski definition) is 4. The second-order valence-electron chi connectivity index (χ2n) is 5.29. The van der Waals surface area contributed by atoms with Gasteiger partial charge in [0.15, 0.2) is 0 Å². The number of nitrogen functional groups attached to an aromatic ring is 1. The van der Waals surface area contributed by atoms with Crippen LogP contribution in [-0.4, -0.2) is 36.1 Å². The Morgan fingerprint density at radius 2 is 2.32 bits per heavy atom. The topological polar surface area (TPSA) is 54.2 Å². The van der Waals surface area contributed by atoms with Gasteiger partial charge in [0, 0.05) is 35.5 Å². The summed E-state index contributed by atoms with van der Waals surface area (Å²) in [6, 6.07) is 8.56. The van der Waals surface area contributed by atoms with Crippen LogP contribution in [0.3, 0.4) is 0 Å².